The van der Waals surface area contributed by atoms with E-state index >= 15 is 0 Å². The largest absolute Gasteiger partial charge is 0.496 e. The minimum atomic E-state index is -0.262. The average Bonchev–Trinajstić information content (AvgIpc) is 2.68. The first-order valence-electron chi connectivity index (χ1n) is 9.13. The van der Waals surface area contributed by atoms with Crippen molar-refractivity contribution in [3.8, 4) is 17.2 Å². The minimum Gasteiger partial charge on any atom is -0.496 e. The predicted octanol–water partition coefficient (Wildman–Crippen LogP) is 3.81. The van der Waals surface area contributed by atoms with Crippen LogP contribution < -0.4 is 19.5 Å². The number of hydrogen-bond donors (Lipinski definition) is 1. The topological polar surface area (TPSA) is 56.8 Å². The Hall–Kier alpha value is -2.69. The zero-order valence-electron chi connectivity index (χ0n) is 16.7. The van der Waals surface area contributed by atoms with Crippen LogP contribution in [0.4, 0.5) is 0 Å². The van der Waals surface area contributed by atoms with Crippen LogP contribution in [0, 0.1) is 5.92 Å². The van der Waals surface area contributed by atoms with Gasteiger partial charge in [0, 0.05) is 6.54 Å². The lowest BCUT2D eigenvalue weighted by molar-refractivity contribution is -0.123. The number of hydrogen-bond acceptors (Lipinski definition) is 4. The van der Waals surface area contributed by atoms with Gasteiger partial charge in [0.1, 0.15) is 5.75 Å². The van der Waals surface area contributed by atoms with Crippen molar-refractivity contribution in [2.75, 3.05) is 27.9 Å². The third-order valence-electron chi connectivity index (χ3n) is 4.60. The number of ether oxygens (including phenoxy) is 3. The molecule has 2 rings (SSSR count). The second-order valence-corrected chi connectivity index (χ2v) is 6.69. The number of amides is 1. The first-order valence-corrected chi connectivity index (χ1v) is 9.13. The molecule has 2 aromatic carbocycles. The molecule has 1 amide bonds. The predicted molar refractivity (Wildman–Crippen MR) is 107 cm³/mol. The molecular weight excluding hydrogens is 342 g/mol. The van der Waals surface area contributed by atoms with Crippen molar-refractivity contribution in [1.29, 1.82) is 0 Å². The highest BCUT2D eigenvalue weighted by atomic mass is 16.5. The number of rotatable bonds is 9. The summed E-state index contributed by atoms with van der Waals surface area (Å²) in [6, 6.07) is 13.5. The van der Waals surface area contributed by atoms with Crippen LogP contribution >= 0.6 is 0 Å². The number of methoxy groups -OCH3 is 3. The molecule has 0 aliphatic heterocycles. The molecule has 0 saturated heterocycles. The fraction of sp³-hybridized carbons (Fsp3) is 0.409. The fourth-order valence-electron chi connectivity index (χ4n) is 3.23. The van der Waals surface area contributed by atoms with Crippen molar-refractivity contribution in [1.82, 2.24) is 5.32 Å². The first kappa shape index (κ1) is 20.6. The molecule has 5 nitrogen and oxygen atoms in total. The van der Waals surface area contributed by atoms with Crippen molar-refractivity contribution in [2.24, 2.45) is 5.92 Å². The van der Waals surface area contributed by atoms with Crippen LogP contribution in [-0.4, -0.2) is 33.8 Å². The van der Waals surface area contributed by atoms with Gasteiger partial charge in [-0.25, -0.2) is 0 Å². The molecule has 0 aliphatic rings. The third-order valence-corrected chi connectivity index (χ3v) is 4.60. The van der Waals surface area contributed by atoms with Crippen LogP contribution in [0.2, 0.25) is 0 Å². The van der Waals surface area contributed by atoms with Crippen molar-refractivity contribution in [3.63, 3.8) is 0 Å². The lowest BCUT2D eigenvalue weighted by Gasteiger charge is -2.22. The first-order chi connectivity index (χ1) is 13.0. The normalized spacial score (nSPS) is 11.8. The lowest BCUT2D eigenvalue weighted by atomic mass is 9.87. The van der Waals surface area contributed by atoms with E-state index in [-0.39, 0.29) is 17.7 Å². The molecule has 1 unspecified atom stereocenters. The summed E-state index contributed by atoms with van der Waals surface area (Å²) in [5, 5.41) is 3.06. The van der Waals surface area contributed by atoms with E-state index in [1.54, 1.807) is 21.3 Å². The lowest BCUT2D eigenvalue weighted by Crippen LogP contribution is -2.33. The third kappa shape index (κ3) is 5.16. The fourth-order valence-corrected chi connectivity index (χ4v) is 3.23. The van der Waals surface area contributed by atoms with Gasteiger partial charge in [-0.15, -0.1) is 0 Å². The van der Waals surface area contributed by atoms with Gasteiger partial charge in [-0.1, -0.05) is 38.1 Å². The van der Waals surface area contributed by atoms with Gasteiger partial charge in [0.15, 0.2) is 11.5 Å². The monoisotopic (exact) mass is 371 g/mol. The van der Waals surface area contributed by atoms with E-state index < -0.39 is 0 Å². The molecule has 0 aliphatic carbocycles. The summed E-state index contributed by atoms with van der Waals surface area (Å²) >= 11 is 0. The summed E-state index contributed by atoms with van der Waals surface area (Å²) in [7, 11) is 4.85. The molecule has 0 radical (unpaired) electrons. The van der Waals surface area contributed by atoms with E-state index in [1.165, 1.54) is 0 Å². The van der Waals surface area contributed by atoms with Crippen LogP contribution in [-0.2, 0) is 11.2 Å². The molecule has 146 valence electrons. The number of para-hydroxylation sites is 1. The summed E-state index contributed by atoms with van der Waals surface area (Å²) in [4.78, 5) is 12.9. The summed E-state index contributed by atoms with van der Waals surface area (Å²) in [6.07, 6.45) is 0.715. The van der Waals surface area contributed by atoms with Gasteiger partial charge >= 0.3 is 0 Å². The minimum absolute atomic E-state index is 0.00659. The smallest absolute Gasteiger partial charge is 0.227 e. The van der Waals surface area contributed by atoms with E-state index in [0.717, 1.165) is 16.9 Å². The van der Waals surface area contributed by atoms with Crippen LogP contribution in [0.1, 0.15) is 30.9 Å². The van der Waals surface area contributed by atoms with E-state index in [9.17, 15) is 4.79 Å². The molecule has 27 heavy (non-hydrogen) atoms. The zero-order valence-corrected chi connectivity index (χ0v) is 16.7. The maximum absolute atomic E-state index is 12.9. The Morgan fingerprint density at radius 3 is 2.22 bits per heavy atom. The number of carbonyl (C=O) groups is 1. The zero-order chi connectivity index (χ0) is 19.8. The summed E-state index contributed by atoms with van der Waals surface area (Å²) in [5.74, 6) is 2.01. The highest BCUT2D eigenvalue weighted by Crippen LogP contribution is 2.33. The maximum atomic E-state index is 12.9. The molecule has 0 aromatic heterocycles. The Morgan fingerprint density at radius 2 is 1.59 bits per heavy atom. The Bertz CT molecular complexity index is 758. The van der Waals surface area contributed by atoms with Crippen molar-refractivity contribution in [3.05, 3.63) is 53.6 Å². The molecule has 5 heteroatoms. The Kier molecular flexibility index (Phi) is 7.53. The van der Waals surface area contributed by atoms with Crippen LogP contribution in [0.3, 0.4) is 0 Å². The molecule has 0 heterocycles. The quantitative estimate of drug-likeness (QED) is 0.728. The summed E-state index contributed by atoms with van der Waals surface area (Å²) in [5.41, 5.74) is 1.99. The molecule has 0 bridgehead atoms. The average molecular weight is 371 g/mol. The highest BCUT2D eigenvalue weighted by molar-refractivity contribution is 5.84. The van der Waals surface area contributed by atoms with Crippen LogP contribution in [0.15, 0.2) is 42.5 Å². The van der Waals surface area contributed by atoms with Crippen molar-refractivity contribution in [2.45, 2.75) is 26.2 Å². The van der Waals surface area contributed by atoms with Gasteiger partial charge in [-0.3, -0.25) is 4.79 Å². The van der Waals surface area contributed by atoms with Gasteiger partial charge in [-0.2, -0.15) is 0 Å². The number of carbonyl (C=O) groups excluding carboxylic acids is 1. The Labute approximate surface area is 161 Å². The van der Waals surface area contributed by atoms with Crippen molar-refractivity contribution >= 4 is 5.91 Å². The highest BCUT2D eigenvalue weighted by Gasteiger charge is 2.25. The van der Waals surface area contributed by atoms with E-state index in [4.69, 9.17) is 14.2 Å². The second-order valence-electron chi connectivity index (χ2n) is 6.69. The van der Waals surface area contributed by atoms with Crippen LogP contribution in [0.25, 0.3) is 0 Å². The summed E-state index contributed by atoms with van der Waals surface area (Å²) in [6.45, 7) is 4.64. The van der Waals surface area contributed by atoms with E-state index in [1.807, 2.05) is 56.3 Å². The Morgan fingerprint density at radius 1 is 0.926 bits per heavy atom. The molecule has 2 aromatic rings. The van der Waals surface area contributed by atoms with Crippen molar-refractivity contribution < 1.29 is 19.0 Å². The number of benzene rings is 2. The van der Waals surface area contributed by atoms with E-state index in [0.29, 0.717) is 24.5 Å². The van der Waals surface area contributed by atoms with Gasteiger partial charge in [0.05, 0.1) is 27.2 Å². The second kappa shape index (κ2) is 9.86. The van der Waals surface area contributed by atoms with E-state index in [2.05, 4.69) is 5.32 Å². The van der Waals surface area contributed by atoms with Gasteiger partial charge in [0.2, 0.25) is 5.91 Å². The standard InChI is InChI=1S/C22H29NO4/c1-15(2)21(17-10-11-19(26-4)20(14-17)27-5)22(24)23-13-12-16-8-6-7-9-18(16)25-3/h6-11,14-15,21H,12-13H2,1-5H3,(H,23,24). The van der Waals surface area contributed by atoms with Crippen LogP contribution in [0.5, 0.6) is 17.2 Å². The molecular formula is C22H29NO4. The molecule has 0 spiro atoms. The molecule has 1 atom stereocenters. The Balaban J connectivity index is 2.09. The molecule has 1 N–H and O–H groups in total. The van der Waals surface area contributed by atoms with Gasteiger partial charge in [-0.05, 0) is 41.7 Å². The molecule has 0 fully saturated rings. The van der Waals surface area contributed by atoms with Gasteiger partial charge < -0.3 is 19.5 Å². The molecule has 0 saturated carbocycles. The van der Waals surface area contributed by atoms with Gasteiger partial charge in [0.25, 0.3) is 0 Å². The summed E-state index contributed by atoms with van der Waals surface area (Å²) < 4.78 is 16.0. The SMILES string of the molecule is COc1ccccc1CCNC(=O)C(c1ccc(OC)c(OC)c1)C(C)C. The number of nitrogens with one attached hydrogen (secondary N) is 1. The maximum Gasteiger partial charge on any atom is 0.227 e.